The Morgan fingerprint density at radius 3 is 2.44 bits per heavy atom. The number of carbonyl (C=O) groups excluding carboxylic acids is 1. The van der Waals surface area contributed by atoms with Crippen LogP contribution in [0.25, 0.3) is 0 Å². The zero-order valence-corrected chi connectivity index (χ0v) is 17.8. The van der Waals surface area contributed by atoms with E-state index in [1.807, 2.05) is 12.1 Å². The molecule has 0 amide bonds. The number of phenolic OH excluding ortho intramolecular Hbond substituents is 1. The van der Waals surface area contributed by atoms with Gasteiger partial charge in [-0.3, -0.25) is 18.7 Å². The molecule has 8 nitrogen and oxygen atoms in total. The van der Waals surface area contributed by atoms with Crippen molar-refractivity contribution in [3.8, 4) is 11.5 Å². The number of rotatable bonds is 3. The van der Waals surface area contributed by atoms with E-state index in [-0.39, 0.29) is 28.7 Å². The van der Waals surface area contributed by atoms with Crippen LogP contribution in [0, 0.1) is 5.92 Å². The standard InChI is InChI=1S/C24H21N3O5/c1-4-32-16-11-12(9-10-15(16)28)17-18-20(13-7-5-6-8-14(13)21(18)29)25-22-19(17)23(30)27(3)24(31)26(22)2/h5-11,17-18,28H,4H2,1-3H3. The van der Waals surface area contributed by atoms with Crippen LogP contribution >= 0.6 is 0 Å². The Morgan fingerprint density at radius 2 is 1.72 bits per heavy atom. The van der Waals surface area contributed by atoms with Crippen LogP contribution in [0.3, 0.4) is 0 Å². The molecule has 2 atom stereocenters. The van der Waals surface area contributed by atoms with Crippen molar-refractivity contribution in [2.24, 2.45) is 25.0 Å². The maximum absolute atomic E-state index is 13.5. The molecular weight excluding hydrogens is 410 g/mol. The van der Waals surface area contributed by atoms with E-state index in [1.165, 1.54) is 17.7 Å². The van der Waals surface area contributed by atoms with Crippen LogP contribution in [0.15, 0.2) is 57.0 Å². The van der Waals surface area contributed by atoms with Gasteiger partial charge in [0.15, 0.2) is 17.3 Å². The van der Waals surface area contributed by atoms with E-state index in [4.69, 9.17) is 4.74 Å². The number of Topliss-reactive ketones (excluding diaryl/α,β-unsaturated/α-hetero) is 1. The van der Waals surface area contributed by atoms with Crippen LogP contribution in [0.4, 0.5) is 5.82 Å². The summed E-state index contributed by atoms with van der Waals surface area (Å²) in [6, 6.07) is 12.0. The highest BCUT2D eigenvalue weighted by molar-refractivity contribution is 6.30. The fraction of sp³-hybridized carbons (Fsp3) is 0.250. The summed E-state index contributed by atoms with van der Waals surface area (Å²) in [5.74, 6) is -1.07. The average molecular weight is 431 g/mol. The van der Waals surface area contributed by atoms with Crippen molar-refractivity contribution in [2.75, 3.05) is 6.61 Å². The number of phenols is 1. The number of aromatic hydroxyl groups is 1. The first-order chi connectivity index (χ1) is 15.3. The van der Waals surface area contributed by atoms with Crippen LogP contribution in [-0.2, 0) is 14.1 Å². The zero-order valence-electron chi connectivity index (χ0n) is 17.8. The number of carbonyl (C=O) groups is 1. The van der Waals surface area contributed by atoms with Gasteiger partial charge in [0.1, 0.15) is 5.82 Å². The van der Waals surface area contributed by atoms with E-state index < -0.39 is 23.1 Å². The molecule has 3 aromatic rings. The minimum Gasteiger partial charge on any atom is -0.504 e. The van der Waals surface area contributed by atoms with Crippen LogP contribution in [-0.4, -0.2) is 32.3 Å². The second kappa shape index (κ2) is 7.05. The molecule has 1 aromatic heterocycles. The fourth-order valence-corrected chi connectivity index (χ4v) is 4.72. The molecule has 1 aliphatic carbocycles. The maximum Gasteiger partial charge on any atom is 0.332 e. The second-order valence-electron chi connectivity index (χ2n) is 7.97. The minimum atomic E-state index is -0.718. The molecule has 2 aromatic carbocycles. The van der Waals surface area contributed by atoms with Crippen LogP contribution < -0.4 is 16.0 Å². The van der Waals surface area contributed by atoms with Gasteiger partial charge in [-0.05, 0) is 24.6 Å². The lowest BCUT2D eigenvalue weighted by Crippen LogP contribution is -2.43. The van der Waals surface area contributed by atoms with Crippen LogP contribution in [0.5, 0.6) is 11.5 Å². The van der Waals surface area contributed by atoms with Gasteiger partial charge in [-0.25, -0.2) is 9.79 Å². The summed E-state index contributed by atoms with van der Waals surface area (Å²) in [7, 11) is 2.97. The van der Waals surface area contributed by atoms with Crippen molar-refractivity contribution in [2.45, 2.75) is 12.8 Å². The molecule has 2 unspecified atom stereocenters. The number of nitrogens with zero attached hydrogens (tertiary/aromatic N) is 3. The summed E-state index contributed by atoms with van der Waals surface area (Å²) in [5.41, 5.74) is 1.70. The van der Waals surface area contributed by atoms with Crippen molar-refractivity contribution in [3.63, 3.8) is 0 Å². The Kier molecular flexibility index (Phi) is 4.40. The van der Waals surface area contributed by atoms with E-state index >= 15 is 0 Å². The van der Waals surface area contributed by atoms with Gasteiger partial charge in [-0.2, -0.15) is 0 Å². The number of fused-ring (bicyclic) bond motifs is 4. The summed E-state index contributed by atoms with van der Waals surface area (Å²) in [4.78, 5) is 44.1. The molecule has 162 valence electrons. The largest absolute Gasteiger partial charge is 0.504 e. The summed E-state index contributed by atoms with van der Waals surface area (Å²) in [6.45, 7) is 2.14. The van der Waals surface area contributed by atoms with Gasteiger partial charge in [0, 0.05) is 31.1 Å². The van der Waals surface area contributed by atoms with Crippen molar-refractivity contribution >= 4 is 17.3 Å². The molecule has 8 heteroatoms. The van der Waals surface area contributed by atoms with Crippen LogP contribution in [0.1, 0.15) is 39.9 Å². The molecule has 1 aliphatic heterocycles. The van der Waals surface area contributed by atoms with E-state index in [9.17, 15) is 19.5 Å². The summed E-state index contributed by atoms with van der Waals surface area (Å²) in [6.07, 6.45) is 0. The molecule has 0 fully saturated rings. The van der Waals surface area contributed by atoms with E-state index in [0.29, 0.717) is 29.0 Å². The predicted molar refractivity (Wildman–Crippen MR) is 119 cm³/mol. The van der Waals surface area contributed by atoms with E-state index in [0.717, 1.165) is 4.57 Å². The Morgan fingerprint density at radius 1 is 1.00 bits per heavy atom. The van der Waals surface area contributed by atoms with Gasteiger partial charge in [-0.15, -0.1) is 0 Å². The fourth-order valence-electron chi connectivity index (χ4n) is 4.72. The number of hydrogen-bond acceptors (Lipinski definition) is 6. The number of hydrogen-bond donors (Lipinski definition) is 1. The number of aromatic nitrogens is 2. The number of benzene rings is 2. The lowest BCUT2D eigenvalue weighted by atomic mass is 9.76. The quantitative estimate of drug-likeness (QED) is 0.685. The van der Waals surface area contributed by atoms with Gasteiger partial charge < -0.3 is 9.84 Å². The number of ether oxygens (including phenoxy) is 1. The molecule has 0 radical (unpaired) electrons. The van der Waals surface area contributed by atoms with Gasteiger partial charge in [0.25, 0.3) is 5.56 Å². The first kappa shape index (κ1) is 20.0. The van der Waals surface area contributed by atoms with E-state index in [1.54, 1.807) is 38.2 Å². The topological polar surface area (TPSA) is 103 Å². The SMILES string of the molecule is CCOc1cc(C2c3c(n(C)c(=O)n(C)c3=O)N=C3c4ccccc4C(=O)C32)ccc1O. The maximum atomic E-state index is 13.5. The molecule has 2 aliphatic rings. The smallest absolute Gasteiger partial charge is 0.332 e. The van der Waals surface area contributed by atoms with Crippen LogP contribution in [0.2, 0.25) is 0 Å². The lowest BCUT2D eigenvalue weighted by Gasteiger charge is -2.30. The molecule has 0 saturated heterocycles. The van der Waals surface area contributed by atoms with Crippen molar-refractivity contribution in [3.05, 3.63) is 85.6 Å². The third-order valence-corrected chi connectivity index (χ3v) is 6.23. The first-order valence-corrected chi connectivity index (χ1v) is 10.3. The molecule has 2 heterocycles. The van der Waals surface area contributed by atoms with E-state index in [2.05, 4.69) is 4.99 Å². The predicted octanol–water partition coefficient (Wildman–Crippen LogP) is 2.27. The molecule has 0 bridgehead atoms. The summed E-state index contributed by atoms with van der Waals surface area (Å²) < 4.78 is 7.92. The Bertz CT molecular complexity index is 1450. The molecule has 0 spiro atoms. The first-order valence-electron chi connectivity index (χ1n) is 10.3. The monoisotopic (exact) mass is 431 g/mol. The third-order valence-electron chi connectivity index (χ3n) is 6.23. The summed E-state index contributed by atoms with van der Waals surface area (Å²) >= 11 is 0. The molecule has 5 rings (SSSR count). The minimum absolute atomic E-state index is 0.0325. The van der Waals surface area contributed by atoms with Crippen molar-refractivity contribution in [1.82, 2.24) is 9.13 Å². The highest BCUT2D eigenvalue weighted by Crippen LogP contribution is 2.47. The van der Waals surface area contributed by atoms with Gasteiger partial charge >= 0.3 is 5.69 Å². The van der Waals surface area contributed by atoms with Gasteiger partial charge in [-0.1, -0.05) is 30.3 Å². The normalized spacial score (nSPS) is 18.6. The van der Waals surface area contributed by atoms with Crippen molar-refractivity contribution < 1.29 is 14.6 Å². The number of aliphatic imine (C=N–C) groups is 1. The average Bonchev–Trinajstić information content (AvgIpc) is 3.09. The Labute approximate surface area is 183 Å². The lowest BCUT2D eigenvalue weighted by molar-refractivity contribution is 0.0953. The van der Waals surface area contributed by atoms with Gasteiger partial charge in [0.2, 0.25) is 0 Å². The molecule has 32 heavy (non-hydrogen) atoms. The molecule has 1 N–H and O–H groups in total. The van der Waals surface area contributed by atoms with Crippen molar-refractivity contribution in [1.29, 1.82) is 0 Å². The molecule has 0 saturated carbocycles. The second-order valence-corrected chi connectivity index (χ2v) is 7.97. The highest BCUT2D eigenvalue weighted by atomic mass is 16.5. The number of ketones is 1. The Balaban J connectivity index is 1.86. The zero-order chi connectivity index (χ0) is 22.7. The summed E-state index contributed by atoms with van der Waals surface area (Å²) in [5, 5.41) is 10.2. The highest BCUT2D eigenvalue weighted by Gasteiger charge is 2.47. The van der Waals surface area contributed by atoms with Gasteiger partial charge in [0.05, 0.1) is 23.8 Å². The Hall–Kier alpha value is -3.94. The third kappa shape index (κ3) is 2.62. The molecular formula is C24H21N3O5.